The monoisotopic (exact) mass is 424 g/mol. The van der Waals surface area contributed by atoms with Crippen LogP contribution in [-0.4, -0.2) is 34.0 Å². The smallest absolute Gasteiger partial charge is 0.196 e. The van der Waals surface area contributed by atoms with Gasteiger partial charge in [0.1, 0.15) is 11.3 Å². The van der Waals surface area contributed by atoms with E-state index in [-0.39, 0.29) is 0 Å². The summed E-state index contributed by atoms with van der Waals surface area (Å²) in [5, 5.41) is 12.2. The molecular formula is C21H20N4O2S2. The van der Waals surface area contributed by atoms with Gasteiger partial charge in [0.25, 0.3) is 0 Å². The molecule has 0 aliphatic heterocycles. The molecule has 0 fully saturated rings. The number of thioether (sulfide) groups is 1. The number of rotatable bonds is 7. The minimum Gasteiger partial charge on any atom is -0.493 e. The molecule has 0 saturated carbocycles. The Labute approximate surface area is 177 Å². The molecule has 0 bridgehead atoms. The summed E-state index contributed by atoms with van der Waals surface area (Å²) in [5.41, 5.74) is 4.28. The quantitative estimate of drug-likeness (QED) is 0.389. The molecule has 0 aliphatic carbocycles. The standard InChI is InChI=1S/C21H20N4O2S2/c1-14-6-4-5-7-17(14)25-13-22-24-21(25)29-12-16-11-28-20(23-16)15-8-9-18(26-2)19(10-15)27-3/h4-11,13H,12H2,1-3H3. The van der Waals surface area contributed by atoms with Crippen molar-refractivity contribution in [3.8, 4) is 27.8 Å². The summed E-state index contributed by atoms with van der Waals surface area (Å²) in [6, 6.07) is 14.0. The Kier molecular flexibility index (Phi) is 5.82. The van der Waals surface area contributed by atoms with E-state index < -0.39 is 0 Å². The SMILES string of the molecule is COc1ccc(-c2nc(CSc3nncn3-c3ccccc3C)cs2)cc1OC. The van der Waals surface area contributed by atoms with Gasteiger partial charge in [-0.15, -0.1) is 21.5 Å². The largest absolute Gasteiger partial charge is 0.493 e. The van der Waals surface area contributed by atoms with Gasteiger partial charge < -0.3 is 9.47 Å². The third-order valence-electron chi connectivity index (χ3n) is 4.42. The number of aromatic nitrogens is 4. The van der Waals surface area contributed by atoms with Crippen LogP contribution < -0.4 is 9.47 Å². The first kappa shape index (κ1) is 19.5. The Morgan fingerprint density at radius 3 is 2.69 bits per heavy atom. The number of para-hydroxylation sites is 1. The Bertz CT molecular complexity index is 1120. The second-order valence-electron chi connectivity index (χ2n) is 6.27. The van der Waals surface area contributed by atoms with E-state index in [0.717, 1.165) is 27.1 Å². The highest BCUT2D eigenvalue weighted by Crippen LogP contribution is 2.34. The van der Waals surface area contributed by atoms with Gasteiger partial charge in [0.15, 0.2) is 16.7 Å². The average Bonchev–Trinajstić information content (AvgIpc) is 3.41. The van der Waals surface area contributed by atoms with E-state index in [1.54, 1.807) is 43.6 Å². The molecule has 2 aromatic carbocycles. The van der Waals surface area contributed by atoms with Gasteiger partial charge in [0.05, 0.1) is 25.6 Å². The zero-order valence-electron chi connectivity index (χ0n) is 16.3. The van der Waals surface area contributed by atoms with Crippen LogP contribution in [0.25, 0.3) is 16.3 Å². The van der Waals surface area contributed by atoms with Gasteiger partial charge >= 0.3 is 0 Å². The molecule has 29 heavy (non-hydrogen) atoms. The summed E-state index contributed by atoms with van der Waals surface area (Å²) < 4.78 is 12.7. The molecule has 0 atom stereocenters. The fraction of sp³-hybridized carbons (Fsp3) is 0.190. The first-order valence-electron chi connectivity index (χ1n) is 8.95. The van der Waals surface area contributed by atoms with Crippen molar-refractivity contribution >= 4 is 23.1 Å². The third kappa shape index (κ3) is 4.13. The number of hydrogen-bond donors (Lipinski definition) is 0. The fourth-order valence-electron chi connectivity index (χ4n) is 2.94. The van der Waals surface area contributed by atoms with Crippen molar-refractivity contribution in [1.29, 1.82) is 0 Å². The molecule has 0 spiro atoms. The minimum atomic E-state index is 0.697. The Hall–Kier alpha value is -2.84. The van der Waals surface area contributed by atoms with Gasteiger partial charge in [-0.25, -0.2) is 4.98 Å². The van der Waals surface area contributed by atoms with E-state index in [4.69, 9.17) is 14.5 Å². The lowest BCUT2D eigenvalue weighted by Gasteiger charge is -2.08. The predicted octanol–water partition coefficient (Wildman–Crippen LogP) is 5.01. The summed E-state index contributed by atoms with van der Waals surface area (Å²) in [6.45, 7) is 2.08. The molecule has 4 aromatic rings. The van der Waals surface area contributed by atoms with Gasteiger partial charge in [0, 0.05) is 16.7 Å². The number of aryl methyl sites for hydroxylation is 1. The van der Waals surface area contributed by atoms with Gasteiger partial charge in [0.2, 0.25) is 0 Å². The molecule has 0 amide bonds. The van der Waals surface area contributed by atoms with Crippen LogP contribution in [0, 0.1) is 6.92 Å². The zero-order valence-corrected chi connectivity index (χ0v) is 18.0. The zero-order chi connectivity index (χ0) is 20.2. The van der Waals surface area contributed by atoms with Crippen LogP contribution in [0.15, 0.2) is 59.3 Å². The molecule has 0 aliphatic rings. The lowest BCUT2D eigenvalue weighted by Crippen LogP contribution is -1.97. The molecule has 2 heterocycles. The number of thiazole rings is 1. The van der Waals surface area contributed by atoms with Gasteiger partial charge in [-0.1, -0.05) is 30.0 Å². The second-order valence-corrected chi connectivity index (χ2v) is 8.07. The Morgan fingerprint density at radius 1 is 1.07 bits per heavy atom. The van der Waals surface area contributed by atoms with Crippen LogP contribution in [-0.2, 0) is 5.75 Å². The Balaban J connectivity index is 1.50. The van der Waals surface area contributed by atoms with Crippen LogP contribution in [0.4, 0.5) is 0 Å². The van der Waals surface area contributed by atoms with Crippen molar-refractivity contribution in [2.75, 3.05) is 14.2 Å². The van der Waals surface area contributed by atoms with Gasteiger partial charge in [-0.2, -0.15) is 0 Å². The molecule has 4 rings (SSSR count). The molecule has 0 radical (unpaired) electrons. The summed E-state index contributed by atoms with van der Waals surface area (Å²) in [4.78, 5) is 4.77. The maximum atomic E-state index is 5.40. The number of hydrogen-bond acceptors (Lipinski definition) is 7. The van der Waals surface area contributed by atoms with Crippen molar-refractivity contribution < 1.29 is 9.47 Å². The molecule has 148 valence electrons. The van der Waals surface area contributed by atoms with Crippen molar-refractivity contribution in [3.63, 3.8) is 0 Å². The van der Waals surface area contributed by atoms with E-state index in [1.807, 2.05) is 34.9 Å². The number of ether oxygens (including phenoxy) is 2. The topological polar surface area (TPSA) is 62.1 Å². The van der Waals surface area contributed by atoms with Crippen molar-refractivity contribution in [3.05, 3.63) is 65.4 Å². The summed E-state index contributed by atoms with van der Waals surface area (Å²) in [5.74, 6) is 2.12. The summed E-state index contributed by atoms with van der Waals surface area (Å²) in [6.07, 6.45) is 1.75. The first-order chi connectivity index (χ1) is 14.2. The van der Waals surface area contributed by atoms with E-state index in [2.05, 4.69) is 34.6 Å². The highest BCUT2D eigenvalue weighted by Gasteiger charge is 2.12. The predicted molar refractivity (Wildman–Crippen MR) is 116 cm³/mol. The average molecular weight is 425 g/mol. The lowest BCUT2D eigenvalue weighted by atomic mass is 10.2. The molecule has 0 unspecified atom stereocenters. The lowest BCUT2D eigenvalue weighted by molar-refractivity contribution is 0.355. The molecular weight excluding hydrogens is 404 g/mol. The van der Waals surface area contributed by atoms with E-state index >= 15 is 0 Å². The van der Waals surface area contributed by atoms with E-state index in [9.17, 15) is 0 Å². The molecule has 8 heteroatoms. The molecule has 2 aromatic heterocycles. The maximum Gasteiger partial charge on any atom is 0.196 e. The van der Waals surface area contributed by atoms with Crippen molar-refractivity contribution in [2.45, 2.75) is 17.8 Å². The maximum absolute atomic E-state index is 5.40. The van der Waals surface area contributed by atoms with Crippen LogP contribution in [0.1, 0.15) is 11.3 Å². The second kappa shape index (κ2) is 8.67. The van der Waals surface area contributed by atoms with Gasteiger partial charge in [-0.3, -0.25) is 4.57 Å². The first-order valence-corrected chi connectivity index (χ1v) is 10.8. The summed E-state index contributed by atoms with van der Waals surface area (Å²) >= 11 is 3.23. The highest BCUT2D eigenvalue weighted by atomic mass is 32.2. The molecule has 0 saturated heterocycles. The number of nitrogens with zero attached hydrogens (tertiary/aromatic N) is 4. The van der Waals surface area contributed by atoms with Crippen LogP contribution in [0.5, 0.6) is 11.5 Å². The minimum absolute atomic E-state index is 0.697. The van der Waals surface area contributed by atoms with E-state index in [0.29, 0.717) is 17.3 Å². The normalized spacial score (nSPS) is 10.9. The number of methoxy groups -OCH3 is 2. The van der Waals surface area contributed by atoms with Crippen molar-refractivity contribution in [2.24, 2.45) is 0 Å². The highest BCUT2D eigenvalue weighted by molar-refractivity contribution is 7.98. The fourth-order valence-corrected chi connectivity index (χ4v) is 4.67. The molecule has 6 nitrogen and oxygen atoms in total. The van der Waals surface area contributed by atoms with Crippen LogP contribution in [0.2, 0.25) is 0 Å². The van der Waals surface area contributed by atoms with Crippen LogP contribution in [0.3, 0.4) is 0 Å². The number of benzene rings is 2. The van der Waals surface area contributed by atoms with Crippen LogP contribution >= 0.6 is 23.1 Å². The molecule has 0 N–H and O–H groups in total. The van der Waals surface area contributed by atoms with Gasteiger partial charge in [-0.05, 0) is 36.8 Å². The third-order valence-corrected chi connectivity index (χ3v) is 6.34. The Morgan fingerprint density at radius 2 is 1.90 bits per heavy atom. The van der Waals surface area contributed by atoms with Crippen molar-refractivity contribution in [1.82, 2.24) is 19.7 Å². The van der Waals surface area contributed by atoms with E-state index in [1.165, 1.54) is 5.56 Å². The summed E-state index contributed by atoms with van der Waals surface area (Å²) in [7, 11) is 3.27.